The van der Waals surface area contributed by atoms with Crippen molar-refractivity contribution in [3.63, 3.8) is 0 Å². The number of hydrogen-bond acceptors (Lipinski definition) is 6. The maximum atomic E-state index is 12.5. The van der Waals surface area contributed by atoms with Crippen LogP contribution in [0.3, 0.4) is 0 Å². The average Bonchev–Trinajstić information content (AvgIpc) is 3.09. The second kappa shape index (κ2) is 6.51. The zero-order chi connectivity index (χ0) is 18.1. The number of hydrogen-bond donors (Lipinski definition) is 0. The molecule has 0 bridgehead atoms. The Morgan fingerprint density at radius 3 is 2.58 bits per heavy atom. The van der Waals surface area contributed by atoms with Gasteiger partial charge in [-0.1, -0.05) is 41.0 Å². The lowest BCUT2D eigenvalue weighted by Crippen LogP contribution is -2.06. The molecular formula is C18H12ClN3O3S. The van der Waals surface area contributed by atoms with Crippen LogP contribution in [0.15, 0.2) is 70.2 Å². The topological polar surface area (TPSA) is 86.0 Å². The van der Waals surface area contributed by atoms with E-state index < -0.39 is 9.84 Å². The fourth-order valence-electron chi connectivity index (χ4n) is 2.59. The first kappa shape index (κ1) is 16.7. The van der Waals surface area contributed by atoms with Gasteiger partial charge < -0.3 is 4.52 Å². The first-order valence-corrected chi connectivity index (χ1v) is 9.71. The molecule has 0 amide bonds. The highest BCUT2D eigenvalue weighted by molar-refractivity contribution is 7.90. The van der Waals surface area contributed by atoms with E-state index in [9.17, 15) is 8.42 Å². The van der Waals surface area contributed by atoms with Crippen LogP contribution in [0.5, 0.6) is 0 Å². The lowest BCUT2D eigenvalue weighted by Gasteiger charge is -2.01. The zero-order valence-electron chi connectivity index (χ0n) is 13.3. The van der Waals surface area contributed by atoms with Crippen molar-refractivity contribution in [3.8, 4) is 11.6 Å². The van der Waals surface area contributed by atoms with Crippen LogP contribution in [0, 0.1) is 0 Å². The number of nitrogens with zero attached hydrogens (tertiary/aromatic N) is 3. The van der Waals surface area contributed by atoms with Gasteiger partial charge in [0.05, 0.1) is 4.90 Å². The molecule has 0 atom stereocenters. The average molecular weight is 386 g/mol. The van der Waals surface area contributed by atoms with E-state index in [1.54, 1.807) is 6.20 Å². The fourth-order valence-corrected chi connectivity index (χ4v) is 3.89. The molecule has 8 heteroatoms. The van der Waals surface area contributed by atoms with Crippen molar-refractivity contribution in [2.45, 2.75) is 10.6 Å². The van der Waals surface area contributed by atoms with E-state index in [0.29, 0.717) is 10.7 Å². The highest BCUT2D eigenvalue weighted by atomic mass is 35.5. The Balaban J connectivity index is 1.67. The molecule has 6 nitrogen and oxygen atoms in total. The SMILES string of the molecule is O=S(=O)(Cc1noc(-c2nccc3ccccc23)n1)c1ccc(Cl)cc1. The molecule has 2 aromatic heterocycles. The molecule has 4 rings (SSSR count). The number of rotatable bonds is 4. The van der Waals surface area contributed by atoms with E-state index in [1.807, 2.05) is 30.3 Å². The van der Waals surface area contributed by atoms with Crippen LogP contribution in [0.1, 0.15) is 5.82 Å². The molecule has 0 saturated heterocycles. The Morgan fingerprint density at radius 2 is 1.77 bits per heavy atom. The molecule has 2 heterocycles. The largest absolute Gasteiger partial charge is 0.332 e. The minimum Gasteiger partial charge on any atom is -0.332 e. The Kier molecular flexibility index (Phi) is 4.18. The molecule has 0 radical (unpaired) electrons. The summed E-state index contributed by atoms with van der Waals surface area (Å²) in [5.41, 5.74) is 0.519. The Morgan fingerprint density at radius 1 is 1.00 bits per heavy atom. The van der Waals surface area contributed by atoms with Gasteiger partial charge in [-0.3, -0.25) is 4.98 Å². The number of sulfone groups is 1. The van der Waals surface area contributed by atoms with Gasteiger partial charge in [-0.2, -0.15) is 4.98 Å². The van der Waals surface area contributed by atoms with Gasteiger partial charge in [0.1, 0.15) is 11.4 Å². The van der Waals surface area contributed by atoms with Gasteiger partial charge in [0.2, 0.25) is 0 Å². The zero-order valence-corrected chi connectivity index (χ0v) is 14.9. The monoisotopic (exact) mass is 385 g/mol. The molecule has 130 valence electrons. The summed E-state index contributed by atoms with van der Waals surface area (Å²) in [4.78, 5) is 8.66. The molecule has 0 spiro atoms. The summed E-state index contributed by atoms with van der Waals surface area (Å²) in [6, 6.07) is 15.5. The summed E-state index contributed by atoms with van der Waals surface area (Å²) in [5, 5.41) is 6.09. The summed E-state index contributed by atoms with van der Waals surface area (Å²) in [6.45, 7) is 0. The van der Waals surface area contributed by atoms with Crippen LogP contribution in [0.4, 0.5) is 0 Å². The number of pyridine rings is 1. The van der Waals surface area contributed by atoms with Crippen molar-refractivity contribution in [2.24, 2.45) is 0 Å². The molecule has 4 aromatic rings. The smallest absolute Gasteiger partial charge is 0.277 e. The third-order valence-electron chi connectivity index (χ3n) is 3.84. The van der Waals surface area contributed by atoms with Gasteiger partial charge in [-0.05, 0) is 35.7 Å². The van der Waals surface area contributed by atoms with Crippen LogP contribution >= 0.6 is 11.6 Å². The first-order valence-electron chi connectivity index (χ1n) is 7.68. The number of halogens is 1. The van der Waals surface area contributed by atoms with Crippen molar-refractivity contribution in [3.05, 3.63) is 71.6 Å². The van der Waals surface area contributed by atoms with Gasteiger partial charge in [0.15, 0.2) is 15.7 Å². The van der Waals surface area contributed by atoms with Gasteiger partial charge >= 0.3 is 0 Å². The Bertz CT molecular complexity index is 1180. The lowest BCUT2D eigenvalue weighted by atomic mass is 10.1. The fraction of sp³-hybridized carbons (Fsp3) is 0.0556. The van der Waals surface area contributed by atoms with Crippen molar-refractivity contribution in [2.75, 3.05) is 0 Å². The van der Waals surface area contributed by atoms with Crippen LogP contribution in [0.2, 0.25) is 5.02 Å². The molecule has 0 unspecified atom stereocenters. The van der Waals surface area contributed by atoms with Crippen LogP contribution in [0.25, 0.3) is 22.4 Å². The molecule has 0 saturated carbocycles. The molecule has 0 aliphatic rings. The van der Waals surface area contributed by atoms with E-state index >= 15 is 0 Å². The summed E-state index contributed by atoms with van der Waals surface area (Å²) in [5.74, 6) is -0.115. The second-order valence-corrected chi connectivity index (χ2v) is 8.04. The van der Waals surface area contributed by atoms with Crippen LogP contribution in [-0.2, 0) is 15.6 Å². The van der Waals surface area contributed by atoms with E-state index in [1.165, 1.54) is 24.3 Å². The molecule has 2 aromatic carbocycles. The predicted molar refractivity (Wildman–Crippen MR) is 97.4 cm³/mol. The minimum atomic E-state index is -3.61. The number of benzene rings is 2. The van der Waals surface area contributed by atoms with E-state index in [4.69, 9.17) is 16.1 Å². The molecule has 26 heavy (non-hydrogen) atoms. The highest BCUT2D eigenvalue weighted by Crippen LogP contribution is 2.25. The second-order valence-electron chi connectivity index (χ2n) is 5.61. The van der Waals surface area contributed by atoms with Gasteiger partial charge in [-0.25, -0.2) is 8.42 Å². The maximum Gasteiger partial charge on any atom is 0.277 e. The number of aromatic nitrogens is 3. The highest BCUT2D eigenvalue weighted by Gasteiger charge is 2.21. The summed E-state index contributed by atoms with van der Waals surface area (Å²) >= 11 is 5.80. The van der Waals surface area contributed by atoms with E-state index in [0.717, 1.165) is 10.8 Å². The molecule has 0 N–H and O–H groups in total. The summed E-state index contributed by atoms with van der Waals surface area (Å²) in [6.07, 6.45) is 1.64. The van der Waals surface area contributed by atoms with Crippen LogP contribution < -0.4 is 0 Å². The van der Waals surface area contributed by atoms with Crippen molar-refractivity contribution >= 4 is 32.2 Å². The predicted octanol–water partition coefficient (Wildman–Crippen LogP) is 3.91. The quantitative estimate of drug-likeness (QED) is 0.529. The summed E-state index contributed by atoms with van der Waals surface area (Å²) < 4.78 is 30.2. The normalized spacial score (nSPS) is 11.7. The Hall–Kier alpha value is -2.77. The minimum absolute atomic E-state index is 0.0738. The van der Waals surface area contributed by atoms with Gasteiger partial charge in [0.25, 0.3) is 5.89 Å². The van der Waals surface area contributed by atoms with E-state index in [2.05, 4.69) is 15.1 Å². The van der Waals surface area contributed by atoms with Crippen LogP contribution in [-0.4, -0.2) is 23.5 Å². The Labute approximate surface area is 154 Å². The molecular weight excluding hydrogens is 374 g/mol. The third-order valence-corrected chi connectivity index (χ3v) is 5.72. The van der Waals surface area contributed by atoms with Gasteiger partial charge in [-0.15, -0.1) is 0 Å². The third kappa shape index (κ3) is 3.18. The summed E-state index contributed by atoms with van der Waals surface area (Å²) in [7, 11) is -3.61. The lowest BCUT2D eigenvalue weighted by molar-refractivity contribution is 0.423. The standard InChI is InChI=1S/C18H12ClN3O3S/c19-13-5-7-14(8-6-13)26(23,24)11-16-21-18(25-22-16)17-15-4-2-1-3-12(15)9-10-20-17/h1-10H,11H2. The van der Waals surface area contributed by atoms with Crippen molar-refractivity contribution < 1.29 is 12.9 Å². The first-order chi connectivity index (χ1) is 12.5. The molecule has 0 aliphatic heterocycles. The molecule has 0 aliphatic carbocycles. The van der Waals surface area contributed by atoms with Gasteiger partial charge in [0, 0.05) is 16.6 Å². The number of fused-ring (bicyclic) bond motifs is 1. The van der Waals surface area contributed by atoms with E-state index in [-0.39, 0.29) is 22.4 Å². The maximum absolute atomic E-state index is 12.5. The van der Waals surface area contributed by atoms with Crippen molar-refractivity contribution in [1.29, 1.82) is 0 Å². The van der Waals surface area contributed by atoms with Crippen molar-refractivity contribution in [1.82, 2.24) is 15.1 Å². The molecule has 0 fully saturated rings.